The number of nitrogens with one attached hydrogen (secondary N) is 2. The number of benzene rings is 2. The Labute approximate surface area is 305 Å². The Kier molecular flexibility index (Phi) is 17.1. The monoisotopic (exact) mass is 745 g/mol. The second-order valence-corrected chi connectivity index (χ2v) is 13.9. The molecule has 0 aliphatic carbocycles. The van der Waals surface area contributed by atoms with Gasteiger partial charge < -0.3 is 45.9 Å². The largest absolute Gasteiger partial charge is 0.506 e. The fourth-order valence-electron chi connectivity index (χ4n) is 5.57. The van der Waals surface area contributed by atoms with E-state index in [-0.39, 0.29) is 28.0 Å². The number of carbonyl (C=O) groups is 2. The van der Waals surface area contributed by atoms with Gasteiger partial charge in [0.25, 0.3) is 16.0 Å². The number of hydrogen-bond acceptors (Lipinski definition) is 11. The lowest BCUT2D eigenvalue weighted by Gasteiger charge is -2.29. The van der Waals surface area contributed by atoms with E-state index in [4.69, 9.17) is 24.5 Å². The van der Waals surface area contributed by atoms with E-state index in [1.54, 1.807) is 56.4 Å². The summed E-state index contributed by atoms with van der Waals surface area (Å²) >= 11 is 0. The SMILES string of the molecule is C=CCNc1c(O)cc2c(O)c1C[C@@H](C)C[C@H](OC)[C@H](O)[C@@H](C)/C=C(\C)[C@H](OC(N)=O)[C@@H](OC)/C=C\C=C(/C)C(=O)N2.O=S(=O)(O)c1ccccc1. The lowest BCUT2D eigenvalue weighted by Crippen LogP contribution is -2.37. The van der Waals surface area contributed by atoms with Crippen LogP contribution in [0, 0.1) is 11.8 Å². The van der Waals surface area contributed by atoms with Crippen molar-refractivity contribution in [3.8, 4) is 11.5 Å². The number of anilines is 2. The molecule has 1 aliphatic heterocycles. The number of aromatic hydroxyl groups is 2. The van der Waals surface area contributed by atoms with E-state index >= 15 is 0 Å². The van der Waals surface area contributed by atoms with Crippen LogP contribution >= 0.6 is 0 Å². The first-order chi connectivity index (χ1) is 24.4. The molecule has 0 spiro atoms. The van der Waals surface area contributed by atoms with E-state index in [1.807, 2.05) is 13.8 Å². The van der Waals surface area contributed by atoms with Crippen LogP contribution in [-0.2, 0) is 35.5 Å². The van der Waals surface area contributed by atoms with E-state index in [0.717, 1.165) is 0 Å². The molecule has 0 unspecified atom stereocenters. The lowest BCUT2D eigenvalue weighted by molar-refractivity contribution is -0.112. The number of fused-ring (bicyclic) bond motifs is 2. The summed E-state index contributed by atoms with van der Waals surface area (Å²) in [6.45, 7) is 11.1. The standard InChI is InChI=1S/C31H45N3O8.C6H6O3S/c1-8-12-33-26-21-13-17(2)14-25(41-7)27(36)19(4)15-20(5)29(42-31(32)39)24(40-6)11-9-10-18(3)30(38)34-22(28(21)37)16-23(26)35;7-10(8,9)6-4-2-1-3-5-6/h8-11,15-17,19,24-25,27,29,33,35-37H,1,12-14H2,2-7H3,(H2,32,39)(H,34,38);1-5H,(H,7,8,9)/b11-9-,18-10+,20-15+;/t17-,19+,24+,25+,27-,29+;/m1./s1. The third-order valence-corrected chi connectivity index (χ3v) is 9.16. The minimum Gasteiger partial charge on any atom is -0.506 e. The van der Waals surface area contributed by atoms with E-state index in [0.29, 0.717) is 41.8 Å². The van der Waals surface area contributed by atoms with Crippen molar-refractivity contribution in [3.05, 3.63) is 90.1 Å². The number of hydrogen-bond donors (Lipinski definition) is 7. The highest BCUT2D eigenvalue weighted by Gasteiger charge is 2.30. The van der Waals surface area contributed by atoms with Crippen LogP contribution in [0.25, 0.3) is 0 Å². The molecule has 2 amide bonds. The van der Waals surface area contributed by atoms with Gasteiger partial charge in [0.05, 0.1) is 28.5 Å². The number of rotatable bonds is 7. The Morgan fingerprint density at radius 1 is 1.13 bits per heavy atom. The molecular formula is C37H51N3O11S. The van der Waals surface area contributed by atoms with Crippen molar-refractivity contribution >= 4 is 33.5 Å². The van der Waals surface area contributed by atoms with Crippen molar-refractivity contribution in [2.75, 3.05) is 31.4 Å². The zero-order chi connectivity index (χ0) is 39.2. The molecule has 0 saturated carbocycles. The third-order valence-electron chi connectivity index (χ3n) is 8.30. The number of aliphatic hydroxyl groups is 1. The van der Waals surface area contributed by atoms with Crippen LogP contribution in [0.1, 0.15) is 39.7 Å². The second-order valence-electron chi connectivity index (χ2n) is 12.4. The van der Waals surface area contributed by atoms with Crippen LogP contribution in [0.4, 0.5) is 16.2 Å². The molecule has 8 N–H and O–H groups in total. The quantitative estimate of drug-likeness (QED) is 0.0852. The van der Waals surface area contributed by atoms with Crippen LogP contribution in [0.2, 0.25) is 0 Å². The van der Waals surface area contributed by atoms with Gasteiger partial charge in [-0.05, 0) is 50.3 Å². The van der Waals surface area contributed by atoms with Gasteiger partial charge in [0, 0.05) is 43.9 Å². The number of phenols is 2. The van der Waals surface area contributed by atoms with E-state index in [2.05, 4.69) is 17.2 Å². The zero-order valence-corrected chi connectivity index (χ0v) is 31.1. The van der Waals surface area contributed by atoms with Crippen LogP contribution < -0.4 is 16.4 Å². The molecule has 0 saturated heterocycles. The van der Waals surface area contributed by atoms with Gasteiger partial charge in [0.1, 0.15) is 17.6 Å². The average Bonchev–Trinajstić information content (AvgIpc) is 3.09. The number of carbonyl (C=O) groups excluding carboxylic acids is 2. The van der Waals surface area contributed by atoms with Crippen molar-refractivity contribution < 1.29 is 52.1 Å². The van der Waals surface area contributed by atoms with Gasteiger partial charge in [-0.3, -0.25) is 9.35 Å². The summed E-state index contributed by atoms with van der Waals surface area (Å²) in [7, 11) is -1.05. The Bertz CT molecular complexity index is 1730. The summed E-state index contributed by atoms with van der Waals surface area (Å²) < 4.78 is 45.8. The van der Waals surface area contributed by atoms with Crippen molar-refractivity contribution in [2.24, 2.45) is 17.6 Å². The van der Waals surface area contributed by atoms with Gasteiger partial charge in [-0.15, -0.1) is 6.58 Å². The molecule has 1 aliphatic rings. The van der Waals surface area contributed by atoms with E-state index in [9.17, 15) is 33.3 Å². The third kappa shape index (κ3) is 12.8. The molecule has 52 heavy (non-hydrogen) atoms. The minimum absolute atomic E-state index is 0.0416. The molecule has 1 heterocycles. The van der Waals surface area contributed by atoms with Gasteiger partial charge in [0.2, 0.25) is 0 Å². The average molecular weight is 746 g/mol. The summed E-state index contributed by atoms with van der Waals surface area (Å²) in [6, 6.07) is 8.70. The number of phenolic OH excluding ortho intramolecular Hbond substituents is 2. The summed E-state index contributed by atoms with van der Waals surface area (Å²) in [5.41, 5.74) is 7.01. The van der Waals surface area contributed by atoms with Crippen molar-refractivity contribution in [3.63, 3.8) is 0 Å². The van der Waals surface area contributed by atoms with Gasteiger partial charge >= 0.3 is 6.09 Å². The Morgan fingerprint density at radius 2 is 1.79 bits per heavy atom. The zero-order valence-electron chi connectivity index (χ0n) is 30.3. The Balaban J connectivity index is 0.000000802. The number of amides is 2. The number of methoxy groups -OCH3 is 2. The first-order valence-electron chi connectivity index (χ1n) is 16.4. The van der Waals surface area contributed by atoms with Crippen LogP contribution in [-0.4, -0.2) is 85.5 Å². The molecule has 2 bridgehead atoms. The molecule has 286 valence electrons. The van der Waals surface area contributed by atoms with E-state index < -0.39 is 52.5 Å². The molecule has 2 aromatic rings. The molecule has 2 aromatic carbocycles. The van der Waals surface area contributed by atoms with Crippen LogP contribution in [0.15, 0.2) is 89.4 Å². The maximum atomic E-state index is 13.0. The van der Waals surface area contributed by atoms with Gasteiger partial charge in [-0.1, -0.05) is 62.4 Å². The minimum atomic E-state index is -4.00. The maximum Gasteiger partial charge on any atom is 0.405 e. The fraction of sp³-hybridized carbons (Fsp3) is 0.405. The number of ether oxygens (including phenoxy) is 3. The second kappa shape index (κ2) is 20.4. The molecule has 0 radical (unpaired) electrons. The first-order valence-corrected chi connectivity index (χ1v) is 17.9. The maximum absolute atomic E-state index is 13.0. The smallest absolute Gasteiger partial charge is 0.405 e. The molecule has 14 nitrogen and oxygen atoms in total. The topological polar surface area (TPSA) is 227 Å². The van der Waals surface area contributed by atoms with Gasteiger partial charge in [-0.2, -0.15) is 8.42 Å². The molecule has 0 fully saturated rings. The molecule has 0 aromatic heterocycles. The molecule has 15 heteroatoms. The van der Waals surface area contributed by atoms with Gasteiger partial charge in [0.15, 0.2) is 6.10 Å². The number of allylic oxidation sites excluding steroid dienone is 2. The summed E-state index contributed by atoms with van der Waals surface area (Å²) in [5.74, 6) is -1.41. The highest BCUT2D eigenvalue weighted by molar-refractivity contribution is 7.85. The Hall–Kier alpha value is -4.67. The number of aliphatic hydroxyl groups excluding tert-OH is 1. The Morgan fingerprint density at radius 3 is 2.33 bits per heavy atom. The predicted octanol–water partition coefficient (Wildman–Crippen LogP) is 5.09. The number of primary amides is 1. The highest BCUT2D eigenvalue weighted by Crippen LogP contribution is 2.42. The molecule has 3 rings (SSSR count). The summed E-state index contributed by atoms with van der Waals surface area (Å²) in [4.78, 5) is 24.7. The predicted molar refractivity (Wildman–Crippen MR) is 199 cm³/mol. The van der Waals surface area contributed by atoms with Crippen molar-refractivity contribution in [2.45, 2.75) is 69.8 Å². The normalized spacial score (nSPS) is 25.8. The fourth-order valence-corrected chi connectivity index (χ4v) is 6.08. The van der Waals surface area contributed by atoms with Crippen molar-refractivity contribution in [1.82, 2.24) is 0 Å². The van der Waals surface area contributed by atoms with Gasteiger partial charge in [-0.25, -0.2) is 4.79 Å². The van der Waals surface area contributed by atoms with Crippen LogP contribution in [0.3, 0.4) is 0 Å². The summed E-state index contributed by atoms with van der Waals surface area (Å²) in [5, 5.41) is 39.1. The van der Waals surface area contributed by atoms with Crippen molar-refractivity contribution in [1.29, 1.82) is 0 Å². The van der Waals surface area contributed by atoms with Crippen LogP contribution in [0.5, 0.6) is 11.5 Å². The summed E-state index contributed by atoms with van der Waals surface area (Å²) in [6.07, 6.45) is 4.64. The highest BCUT2D eigenvalue weighted by atomic mass is 32.2. The first kappa shape index (κ1) is 43.5. The lowest BCUT2D eigenvalue weighted by atomic mass is 9.87. The molecule has 6 atom stereocenters. The number of nitrogens with two attached hydrogens (primary N) is 1. The molecular weight excluding hydrogens is 694 g/mol. The van der Waals surface area contributed by atoms with E-state index in [1.165, 1.54) is 38.5 Å².